The smallest absolute Gasteiger partial charge is 0.172 e. The van der Waals surface area contributed by atoms with Crippen LogP contribution in [0.3, 0.4) is 0 Å². The van der Waals surface area contributed by atoms with E-state index in [0.29, 0.717) is 11.3 Å². The minimum atomic E-state index is -0.262. The van der Waals surface area contributed by atoms with Crippen LogP contribution in [-0.4, -0.2) is 7.11 Å². The van der Waals surface area contributed by atoms with Crippen LogP contribution in [0.25, 0.3) is 5.57 Å². The molecular weight excluding hydrogens is 167 g/mol. The first-order chi connectivity index (χ1) is 6.24. The molecule has 0 saturated carbocycles. The van der Waals surface area contributed by atoms with Crippen molar-refractivity contribution in [3.05, 3.63) is 35.7 Å². The molecule has 68 valence electrons. The zero-order valence-corrected chi connectivity index (χ0v) is 7.56. The monoisotopic (exact) mass is 178 g/mol. The van der Waals surface area contributed by atoms with Gasteiger partial charge in [0.2, 0.25) is 0 Å². The lowest BCUT2D eigenvalue weighted by Crippen LogP contribution is -1.93. The fourth-order valence-corrected chi connectivity index (χ4v) is 1.76. The highest BCUT2D eigenvalue weighted by Gasteiger charge is 2.21. The molecule has 2 rings (SSSR count). The van der Waals surface area contributed by atoms with Crippen LogP contribution in [0.5, 0.6) is 5.75 Å². The number of halogens is 1. The lowest BCUT2D eigenvalue weighted by Gasteiger charge is -2.06. The van der Waals surface area contributed by atoms with Gasteiger partial charge in [-0.15, -0.1) is 0 Å². The molecule has 0 amide bonds. The summed E-state index contributed by atoms with van der Waals surface area (Å²) in [6.07, 6.45) is 1.76. The van der Waals surface area contributed by atoms with Gasteiger partial charge in [0.15, 0.2) is 11.6 Å². The molecule has 1 nitrogen and oxygen atoms in total. The maximum atomic E-state index is 13.6. The van der Waals surface area contributed by atoms with Gasteiger partial charge in [-0.25, -0.2) is 4.39 Å². The van der Waals surface area contributed by atoms with Crippen molar-refractivity contribution in [3.63, 3.8) is 0 Å². The standard InChI is InChI=1S/C11H11FO/c1-7-3-4-8-5-6-9(13-2)11(12)10(7)8/h5-6H,1,3-4H2,2H3. The second kappa shape index (κ2) is 2.87. The Labute approximate surface area is 76.8 Å². The van der Waals surface area contributed by atoms with Crippen LogP contribution in [-0.2, 0) is 6.42 Å². The van der Waals surface area contributed by atoms with E-state index in [4.69, 9.17) is 4.74 Å². The summed E-state index contributed by atoms with van der Waals surface area (Å²) >= 11 is 0. The van der Waals surface area contributed by atoms with Crippen LogP contribution in [0.15, 0.2) is 18.7 Å². The summed E-state index contributed by atoms with van der Waals surface area (Å²) in [5, 5.41) is 0. The Kier molecular flexibility index (Phi) is 1.83. The number of rotatable bonds is 1. The molecule has 0 aliphatic heterocycles. The number of hydrogen-bond donors (Lipinski definition) is 0. The highest BCUT2D eigenvalue weighted by Crippen LogP contribution is 2.36. The van der Waals surface area contributed by atoms with Gasteiger partial charge in [-0.1, -0.05) is 12.6 Å². The van der Waals surface area contributed by atoms with Gasteiger partial charge in [-0.3, -0.25) is 0 Å². The fraction of sp³-hybridized carbons (Fsp3) is 0.273. The van der Waals surface area contributed by atoms with Gasteiger partial charge in [0.05, 0.1) is 7.11 Å². The molecular formula is C11H11FO. The molecule has 0 saturated heterocycles. The number of benzene rings is 1. The Balaban J connectivity index is 2.63. The lowest BCUT2D eigenvalue weighted by molar-refractivity contribution is 0.386. The van der Waals surface area contributed by atoms with Crippen molar-refractivity contribution in [3.8, 4) is 5.75 Å². The van der Waals surface area contributed by atoms with Gasteiger partial charge in [0, 0.05) is 5.56 Å². The van der Waals surface area contributed by atoms with Gasteiger partial charge in [-0.05, 0) is 30.0 Å². The topological polar surface area (TPSA) is 9.23 Å². The summed E-state index contributed by atoms with van der Waals surface area (Å²) in [6, 6.07) is 3.59. The Morgan fingerprint density at radius 2 is 2.15 bits per heavy atom. The predicted octanol–water partition coefficient (Wildman–Crippen LogP) is 2.79. The van der Waals surface area contributed by atoms with Gasteiger partial charge >= 0.3 is 0 Å². The summed E-state index contributed by atoms with van der Waals surface area (Å²) < 4.78 is 18.5. The van der Waals surface area contributed by atoms with E-state index >= 15 is 0 Å². The van der Waals surface area contributed by atoms with Crippen molar-refractivity contribution in [2.75, 3.05) is 7.11 Å². The molecule has 0 bridgehead atoms. The average molecular weight is 178 g/mol. The van der Waals surface area contributed by atoms with E-state index in [1.54, 1.807) is 6.07 Å². The van der Waals surface area contributed by atoms with E-state index in [2.05, 4.69) is 6.58 Å². The molecule has 0 atom stereocenters. The molecule has 1 aromatic carbocycles. The van der Waals surface area contributed by atoms with Crippen LogP contribution in [0.1, 0.15) is 17.5 Å². The third-order valence-electron chi connectivity index (χ3n) is 2.46. The molecule has 13 heavy (non-hydrogen) atoms. The molecule has 0 spiro atoms. The molecule has 0 aromatic heterocycles. The van der Waals surface area contributed by atoms with Crippen LogP contribution in [0.4, 0.5) is 4.39 Å². The number of hydrogen-bond acceptors (Lipinski definition) is 1. The largest absolute Gasteiger partial charge is 0.494 e. The van der Waals surface area contributed by atoms with Crippen molar-refractivity contribution in [2.24, 2.45) is 0 Å². The third-order valence-corrected chi connectivity index (χ3v) is 2.46. The van der Waals surface area contributed by atoms with Gasteiger partial charge in [0.1, 0.15) is 0 Å². The van der Waals surface area contributed by atoms with Crippen molar-refractivity contribution in [2.45, 2.75) is 12.8 Å². The molecule has 1 aliphatic carbocycles. The summed E-state index contributed by atoms with van der Waals surface area (Å²) in [7, 11) is 1.47. The van der Waals surface area contributed by atoms with Gasteiger partial charge in [-0.2, -0.15) is 0 Å². The number of ether oxygens (including phenoxy) is 1. The number of allylic oxidation sites excluding steroid dienone is 1. The van der Waals surface area contributed by atoms with Crippen LogP contribution >= 0.6 is 0 Å². The van der Waals surface area contributed by atoms with Crippen molar-refractivity contribution >= 4 is 5.57 Å². The van der Waals surface area contributed by atoms with Crippen molar-refractivity contribution in [1.29, 1.82) is 0 Å². The zero-order valence-electron chi connectivity index (χ0n) is 7.56. The number of fused-ring (bicyclic) bond motifs is 1. The second-order valence-electron chi connectivity index (χ2n) is 3.22. The zero-order chi connectivity index (χ0) is 9.42. The molecule has 0 radical (unpaired) electrons. The van der Waals surface area contributed by atoms with E-state index in [-0.39, 0.29) is 5.82 Å². The van der Waals surface area contributed by atoms with Gasteiger partial charge in [0.25, 0.3) is 0 Å². The molecule has 0 heterocycles. The average Bonchev–Trinajstić information content (AvgIpc) is 2.49. The highest BCUT2D eigenvalue weighted by atomic mass is 19.1. The summed E-state index contributed by atoms with van der Waals surface area (Å²) in [5.41, 5.74) is 2.59. The highest BCUT2D eigenvalue weighted by molar-refractivity contribution is 5.72. The first kappa shape index (κ1) is 8.30. The Hall–Kier alpha value is -1.31. The molecule has 0 fully saturated rings. The van der Waals surface area contributed by atoms with Crippen molar-refractivity contribution in [1.82, 2.24) is 0 Å². The van der Waals surface area contributed by atoms with Crippen LogP contribution < -0.4 is 4.74 Å². The Bertz CT molecular complexity index is 369. The quantitative estimate of drug-likeness (QED) is 0.642. The molecule has 1 aliphatic rings. The SMILES string of the molecule is C=C1CCc2ccc(OC)c(F)c21. The van der Waals surface area contributed by atoms with E-state index < -0.39 is 0 Å². The molecule has 1 aromatic rings. The molecule has 0 unspecified atom stereocenters. The predicted molar refractivity (Wildman–Crippen MR) is 50.3 cm³/mol. The van der Waals surface area contributed by atoms with E-state index in [1.807, 2.05) is 6.07 Å². The van der Waals surface area contributed by atoms with E-state index in [9.17, 15) is 4.39 Å². The number of methoxy groups -OCH3 is 1. The third kappa shape index (κ3) is 1.13. The van der Waals surface area contributed by atoms with E-state index in [1.165, 1.54) is 7.11 Å². The summed E-state index contributed by atoms with van der Waals surface area (Å²) in [5.74, 6) is 0.0456. The minimum Gasteiger partial charge on any atom is -0.494 e. The first-order valence-corrected chi connectivity index (χ1v) is 4.27. The first-order valence-electron chi connectivity index (χ1n) is 4.27. The number of aryl methyl sites for hydroxylation is 1. The van der Waals surface area contributed by atoms with Gasteiger partial charge < -0.3 is 4.74 Å². The maximum absolute atomic E-state index is 13.6. The summed E-state index contributed by atoms with van der Waals surface area (Å²) in [6.45, 7) is 3.84. The van der Waals surface area contributed by atoms with Crippen LogP contribution in [0.2, 0.25) is 0 Å². The maximum Gasteiger partial charge on any atom is 0.172 e. The normalized spacial score (nSPS) is 14.5. The molecule has 2 heteroatoms. The van der Waals surface area contributed by atoms with Crippen LogP contribution in [0, 0.1) is 5.82 Å². The minimum absolute atomic E-state index is 0.262. The second-order valence-corrected chi connectivity index (χ2v) is 3.22. The fourth-order valence-electron chi connectivity index (χ4n) is 1.76. The van der Waals surface area contributed by atoms with Crippen molar-refractivity contribution < 1.29 is 9.13 Å². The lowest BCUT2D eigenvalue weighted by atomic mass is 10.1. The summed E-state index contributed by atoms with van der Waals surface area (Å²) in [4.78, 5) is 0. The van der Waals surface area contributed by atoms with E-state index in [0.717, 1.165) is 24.0 Å². The Morgan fingerprint density at radius 1 is 1.38 bits per heavy atom. The Morgan fingerprint density at radius 3 is 2.85 bits per heavy atom. The molecule has 0 N–H and O–H groups in total.